The summed E-state index contributed by atoms with van der Waals surface area (Å²) in [6.07, 6.45) is 1.66. The molecule has 1 aliphatic rings. The average molecular weight is 436 g/mol. The minimum Gasteiger partial charge on any atom is -0.493 e. The van der Waals surface area contributed by atoms with Crippen LogP contribution in [0.15, 0.2) is 48.2 Å². The van der Waals surface area contributed by atoms with Crippen LogP contribution < -0.4 is 20.3 Å². The molecule has 2 aromatic rings. The van der Waals surface area contributed by atoms with E-state index in [2.05, 4.69) is 10.6 Å². The molecule has 1 saturated heterocycles. The van der Waals surface area contributed by atoms with E-state index in [9.17, 15) is 14.4 Å². The van der Waals surface area contributed by atoms with E-state index in [4.69, 9.17) is 4.74 Å². The summed E-state index contributed by atoms with van der Waals surface area (Å²) in [6, 6.07) is 12.8. The summed E-state index contributed by atoms with van der Waals surface area (Å²) in [5.74, 6) is 1.89. The van der Waals surface area contributed by atoms with Gasteiger partial charge in [0, 0.05) is 36.8 Å². The SMILES string of the molecule is CCOc1ccc(NC(=O)C(C)C)cc1C(=O)NCc1cccc(N2CCCC2=C=O)c1. The van der Waals surface area contributed by atoms with Crippen molar-refractivity contribution in [2.45, 2.75) is 40.2 Å². The van der Waals surface area contributed by atoms with Crippen molar-refractivity contribution in [3.63, 3.8) is 0 Å². The first kappa shape index (κ1) is 23.1. The molecule has 1 heterocycles. The smallest absolute Gasteiger partial charge is 0.255 e. The van der Waals surface area contributed by atoms with Gasteiger partial charge in [-0.1, -0.05) is 26.0 Å². The highest BCUT2D eigenvalue weighted by Crippen LogP contribution is 2.27. The van der Waals surface area contributed by atoms with E-state index >= 15 is 0 Å². The molecule has 168 valence electrons. The van der Waals surface area contributed by atoms with Crippen LogP contribution >= 0.6 is 0 Å². The summed E-state index contributed by atoms with van der Waals surface area (Å²) in [4.78, 5) is 38.1. The van der Waals surface area contributed by atoms with E-state index in [-0.39, 0.29) is 17.7 Å². The van der Waals surface area contributed by atoms with Gasteiger partial charge in [0.15, 0.2) is 0 Å². The van der Waals surface area contributed by atoms with Gasteiger partial charge in [0.25, 0.3) is 5.91 Å². The first-order valence-electron chi connectivity index (χ1n) is 10.9. The highest BCUT2D eigenvalue weighted by atomic mass is 16.5. The molecule has 7 heteroatoms. The monoisotopic (exact) mass is 435 g/mol. The molecule has 1 aliphatic heterocycles. The van der Waals surface area contributed by atoms with E-state index in [0.717, 1.165) is 30.6 Å². The number of anilines is 2. The van der Waals surface area contributed by atoms with E-state index in [0.29, 0.717) is 35.8 Å². The molecular formula is C25H29N3O4. The van der Waals surface area contributed by atoms with E-state index < -0.39 is 0 Å². The summed E-state index contributed by atoms with van der Waals surface area (Å²) >= 11 is 0. The second-order valence-corrected chi connectivity index (χ2v) is 7.94. The number of hydrogen-bond donors (Lipinski definition) is 2. The van der Waals surface area contributed by atoms with Gasteiger partial charge < -0.3 is 20.3 Å². The zero-order valence-electron chi connectivity index (χ0n) is 18.7. The van der Waals surface area contributed by atoms with Gasteiger partial charge in [0.2, 0.25) is 5.91 Å². The summed E-state index contributed by atoms with van der Waals surface area (Å²) < 4.78 is 5.61. The molecule has 0 aromatic heterocycles. The Bertz CT molecular complexity index is 1040. The topological polar surface area (TPSA) is 87.7 Å². The van der Waals surface area contributed by atoms with Crippen LogP contribution in [0.1, 0.15) is 49.5 Å². The van der Waals surface area contributed by atoms with Crippen LogP contribution in [-0.4, -0.2) is 30.9 Å². The maximum atomic E-state index is 13.0. The summed E-state index contributed by atoms with van der Waals surface area (Å²) in [6.45, 7) is 6.98. The fourth-order valence-electron chi connectivity index (χ4n) is 3.53. The second-order valence-electron chi connectivity index (χ2n) is 7.94. The second kappa shape index (κ2) is 10.6. The van der Waals surface area contributed by atoms with Crippen molar-refractivity contribution in [2.24, 2.45) is 5.92 Å². The van der Waals surface area contributed by atoms with Gasteiger partial charge in [-0.15, -0.1) is 0 Å². The molecule has 0 aliphatic carbocycles. The first-order chi connectivity index (χ1) is 15.4. The van der Waals surface area contributed by atoms with Crippen molar-refractivity contribution in [1.82, 2.24) is 5.32 Å². The number of benzene rings is 2. The van der Waals surface area contributed by atoms with Crippen molar-refractivity contribution in [3.05, 3.63) is 59.3 Å². The molecule has 0 spiro atoms. The van der Waals surface area contributed by atoms with E-state index in [1.807, 2.05) is 55.9 Å². The fraction of sp³-hybridized carbons (Fsp3) is 0.360. The van der Waals surface area contributed by atoms with Crippen LogP contribution in [0.25, 0.3) is 0 Å². The van der Waals surface area contributed by atoms with Gasteiger partial charge in [0.1, 0.15) is 17.4 Å². The normalized spacial score (nSPS) is 13.1. The van der Waals surface area contributed by atoms with Crippen molar-refractivity contribution in [3.8, 4) is 5.75 Å². The lowest BCUT2D eigenvalue weighted by Gasteiger charge is -2.19. The van der Waals surface area contributed by atoms with Crippen molar-refractivity contribution in [1.29, 1.82) is 0 Å². The van der Waals surface area contributed by atoms with E-state index in [1.54, 1.807) is 18.2 Å². The highest BCUT2D eigenvalue weighted by Gasteiger charge is 2.20. The Kier molecular flexibility index (Phi) is 7.68. The zero-order chi connectivity index (χ0) is 23.1. The standard InChI is InChI=1S/C25H29N3O4/c1-4-32-23-11-10-19(27-24(30)17(2)3)14-22(23)25(31)26-15-18-7-5-8-20(13-18)28-12-6-9-21(28)16-29/h5,7-8,10-11,13-14,17H,4,6,9,12,15H2,1-3H3,(H,26,31)(H,27,30). The first-order valence-corrected chi connectivity index (χ1v) is 10.9. The van der Waals surface area contributed by atoms with Gasteiger partial charge in [-0.25, -0.2) is 4.79 Å². The summed E-state index contributed by atoms with van der Waals surface area (Å²) in [5.41, 5.74) is 3.39. The minimum atomic E-state index is -0.297. The average Bonchev–Trinajstić information content (AvgIpc) is 3.27. The number of ether oxygens (including phenoxy) is 1. The van der Waals surface area contributed by atoms with Crippen LogP contribution in [0.2, 0.25) is 0 Å². The molecule has 0 bridgehead atoms. The molecule has 2 amide bonds. The molecule has 0 saturated carbocycles. The van der Waals surface area contributed by atoms with Gasteiger partial charge in [0.05, 0.1) is 12.2 Å². The minimum absolute atomic E-state index is 0.122. The maximum Gasteiger partial charge on any atom is 0.255 e. The predicted octanol–water partition coefficient (Wildman–Crippen LogP) is 3.93. The molecule has 3 rings (SSSR count). The number of rotatable bonds is 8. The number of nitrogens with zero attached hydrogens (tertiary/aromatic N) is 1. The highest BCUT2D eigenvalue weighted by molar-refractivity contribution is 5.99. The summed E-state index contributed by atoms with van der Waals surface area (Å²) in [7, 11) is 0. The molecule has 2 aromatic carbocycles. The molecule has 32 heavy (non-hydrogen) atoms. The third-order valence-electron chi connectivity index (χ3n) is 5.23. The molecule has 2 N–H and O–H groups in total. The Morgan fingerprint density at radius 2 is 2.00 bits per heavy atom. The number of allylic oxidation sites excluding steroid dienone is 1. The third-order valence-corrected chi connectivity index (χ3v) is 5.23. The number of amides is 2. The molecular weight excluding hydrogens is 406 g/mol. The van der Waals surface area contributed by atoms with Crippen LogP contribution in [0.5, 0.6) is 5.75 Å². The number of carbonyl (C=O) groups is 2. The summed E-state index contributed by atoms with van der Waals surface area (Å²) in [5, 5.41) is 5.74. The van der Waals surface area contributed by atoms with Gasteiger partial charge >= 0.3 is 0 Å². The zero-order valence-corrected chi connectivity index (χ0v) is 18.7. The lowest BCUT2D eigenvalue weighted by atomic mass is 10.1. The fourth-order valence-corrected chi connectivity index (χ4v) is 3.53. The molecule has 1 fully saturated rings. The van der Waals surface area contributed by atoms with E-state index in [1.165, 1.54) is 0 Å². The predicted molar refractivity (Wildman–Crippen MR) is 124 cm³/mol. The van der Waals surface area contributed by atoms with Crippen LogP contribution in [0, 0.1) is 5.92 Å². The molecule has 7 nitrogen and oxygen atoms in total. The van der Waals surface area contributed by atoms with Gasteiger partial charge in [-0.05, 0) is 49.2 Å². The maximum absolute atomic E-state index is 13.0. The Balaban J connectivity index is 1.74. The molecule has 0 unspecified atom stereocenters. The quantitative estimate of drug-likeness (QED) is 0.614. The number of hydrogen-bond acceptors (Lipinski definition) is 5. The van der Waals surface area contributed by atoms with Crippen LogP contribution in [-0.2, 0) is 16.1 Å². The van der Waals surface area contributed by atoms with Crippen molar-refractivity contribution in [2.75, 3.05) is 23.4 Å². The lowest BCUT2D eigenvalue weighted by molar-refractivity contribution is -0.118. The lowest BCUT2D eigenvalue weighted by Crippen LogP contribution is -2.24. The largest absolute Gasteiger partial charge is 0.493 e. The van der Waals surface area contributed by atoms with Crippen LogP contribution in [0.3, 0.4) is 0 Å². The number of nitrogens with one attached hydrogen (secondary N) is 2. The van der Waals surface area contributed by atoms with Gasteiger partial charge in [-0.2, -0.15) is 0 Å². The van der Waals surface area contributed by atoms with Crippen molar-refractivity contribution < 1.29 is 19.1 Å². The Morgan fingerprint density at radius 3 is 2.72 bits per heavy atom. The molecule has 0 atom stereocenters. The number of carbonyl (C=O) groups excluding carboxylic acids is 3. The Morgan fingerprint density at radius 1 is 1.19 bits per heavy atom. The Hall–Kier alpha value is -3.57. The third kappa shape index (κ3) is 5.56. The van der Waals surface area contributed by atoms with Crippen molar-refractivity contribution >= 4 is 29.1 Å². The van der Waals surface area contributed by atoms with Crippen LogP contribution in [0.4, 0.5) is 11.4 Å². The Labute approximate surface area is 188 Å². The van der Waals surface area contributed by atoms with Gasteiger partial charge in [-0.3, -0.25) is 9.59 Å². The molecule has 0 radical (unpaired) electrons.